The third kappa shape index (κ3) is 3.63. The number of rotatable bonds is 7. The molecule has 0 unspecified atom stereocenters. The van der Waals surface area contributed by atoms with Crippen LogP contribution in [-0.4, -0.2) is 37.3 Å². The second kappa shape index (κ2) is 6.93. The summed E-state index contributed by atoms with van der Waals surface area (Å²) < 4.78 is 6.38. The van der Waals surface area contributed by atoms with Crippen LogP contribution in [0.4, 0.5) is 5.69 Å². The lowest BCUT2D eigenvalue weighted by molar-refractivity contribution is -0.385. The Morgan fingerprint density at radius 2 is 1.97 bits per heavy atom. The standard InChI is InChI=1S/C19H24N6O4/c26-17(18-22-16(23-29-18)11-24-10-15(9-21-24)25(27)28)20-2-1-19-6-12-3-13(7-19)5-14(4-12)8-19/h9-10,12-14H,1-8,11H2,(H,20,26). The van der Waals surface area contributed by atoms with Crippen molar-refractivity contribution >= 4 is 11.6 Å². The van der Waals surface area contributed by atoms with Crippen LogP contribution in [0.2, 0.25) is 0 Å². The monoisotopic (exact) mass is 400 g/mol. The molecular weight excluding hydrogens is 376 g/mol. The Balaban J connectivity index is 1.14. The zero-order chi connectivity index (χ0) is 20.0. The Morgan fingerprint density at radius 1 is 1.28 bits per heavy atom. The second-order valence-corrected chi connectivity index (χ2v) is 9.09. The van der Waals surface area contributed by atoms with Gasteiger partial charge < -0.3 is 9.84 Å². The predicted octanol–water partition coefficient (Wildman–Crippen LogP) is 2.56. The van der Waals surface area contributed by atoms with E-state index in [-0.39, 0.29) is 29.9 Å². The molecule has 6 rings (SSSR count). The number of aromatic nitrogens is 4. The number of hydrogen-bond donors (Lipinski definition) is 1. The zero-order valence-electron chi connectivity index (χ0n) is 16.1. The summed E-state index contributed by atoms with van der Waals surface area (Å²) in [6, 6.07) is 0. The van der Waals surface area contributed by atoms with E-state index in [4.69, 9.17) is 4.52 Å². The number of nitro groups is 1. The van der Waals surface area contributed by atoms with Crippen molar-refractivity contribution in [1.82, 2.24) is 25.2 Å². The molecule has 4 fully saturated rings. The normalized spacial score (nSPS) is 29.9. The SMILES string of the molecule is O=C(NCCC12CC3CC(CC(C3)C1)C2)c1nc(Cn2cc([N+](=O)[O-])cn2)no1. The topological polar surface area (TPSA) is 129 Å². The molecule has 10 nitrogen and oxygen atoms in total. The maximum absolute atomic E-state index is 12.4. The third-order valence-corrected chi connectivity index (χ3v) is 6.90. The molecule has 0 spiro atoms. The van der Waals surface area contributed by atoms with Crippen LogP contribution >= 0.6 is 0 Å². The van der Waals surface area contributed by atoms with Gasteiger partial charge in [0.05, 0.1) is 4.92 Å². The van der Waals surface area contributed by atoms with Gasteiger partial charge in [-0.3, -0.25) is 19.6 Å². The first-order chi connectivity index (χ1) is 14.0. The molecular formula is C19H24N6O4. The van der Waals surface area contributed by atoms with Crippen LogP contribution in [0, 0.1) is 33.3 Å². The summed E-state index contributed by atoms with van der Waals surface area (Å²) in [7, 11) is 0. The van der Waals surface area contributed by atoms with Crippen LogP contribution in [-0.2, 0) is 6.54 Å². The van der Waals surface area contributed by atoms with Gasteiger partial charge in [-0.2, -0.15) is 10.1 Å². The third-order valence-electron chi connectivity index (χ3n) is 6.90. The van der Waals surface area contributed by atoms with Gasteiger partial charge in [0, 0.05) is 6.54 Å². The Kier molecular flexibility index (Phi) is 4.36. The van der Waals surface area contributed by atoms with Crippen molar-refractivity contribution in [2.45, 2.75) is 51.5 Å². The average molecular weight is 400 g/mol. The highest BCUT2D eigenvalue weighted by molar-refractivity contribution is 5.89. The molecule has 0 aromatic carbocycles. The van der Waals surface area contributed by atoms with E-state index in [0.717, 1.165) is 30.4 Å². The minimum absolute atomic E-state index is 0.0906. The summed E-state index contributed by atoms with van der Waals surface area (Å²) in [6.45, 7) is 0.714. The lowest BCUT2D eigenvalue weighted by Gasteiger charge is -2.57. The van der Waals surface area contributed by atoms with Crippen molar-refractivity contribution in [2.24, 2.45) is 23.2 Å². The van der Waals surface area contributed by atoms with Crippen molar-refractivity contribution in [2.75, 3.05) is 6.54 Å². The molecule has 0 radical (unpaired) electrons. The quantitative estimate of drug-likeness (QED) is 0.558. The van der Waals surface area contributed by atoms with E-state index < -0.39 is 4.92 Å². The van der Waals surface area contributed by atoms with Gasteiger partial charge in [0.2, 0.25) is 0 Å². The lowest BCUT2D eigenvalue weighted by atomic mass is 9.49. The fraction of sp³-hybridized carbons (Fsp3) is 0.684. The van der Waals surface area contributed by atoms with E-state index in [0.29, 0.717) is 12.0 Å². The molecule has 0 aliphatic heterocycles. The van der Waals surface area contributed by atoms with Crippen molar-refractivity contribution < 1.29 is 14.2 Å². The van der Waals surface area contributed by atoms with Gasteiger partial charge in [-0.15, -0.1) is 0 Å². The minimum atomic E-state index is -0.525. The number of carbonyl (C=O) groups excluding carboxylic acids is 1. The van der Waals surface area contributed by atoms with E-state index in [1.165, 1.54) is 49.4 Å². The van der Waals surface area contributed by atoms with E-state index >= 15 is 0 Å². The number of amides is 1. The highest BCUT2D eigenvalue weighted by atomic mass is 16.6. The zero-order valence-corrected chi connectivity index (χ0v) is 16.1. The van der Waals surface area contributed by atoms with Crippen LogP contribution in [0.5, 0.6) is 0 Å². The molecule has 1 N–H and O–H groups in total. The highest BCUT2D eigenvalue weighted by Crippen LogP contribution is 2.61. The summed E-state index contributed by atoms with van der Waals surface area (Å²) >= 11 is 0. The largest absolute Gasteiger partial charge is 0.348 e. The summed E-state index contributed by atoms with van der Waals surface area (Å²) in [6.07, 6.45) is 11.6. The van der Waals surface area contributed by atoms with Gasteiger partial charge in [0.25, 0.3) is 0 Å². The molecule has 4 saturated carbocycles. The summed E-state index contributed by atoms with van der Waals surface area (Å²) in [5, 5.41) is 21.3. The van der Waals surface area contributed by atoms with Gasteiger partial charge in [0.15, 0.2) is 5.82 Å². The molecule has 1 amide bonds. The van der Waals surface area contributed by atoms with Crippen LogP contribution in [0.25, 0.3) is 0 Å². The first-order valence-corrected chi connectivity index (χ1v) is 10.3. The van der Waals surface area contributed by atoms with Crippen LogP contribution in [0.15, 0.2) is 16.9 Å². The second-order valence-electron chi connectivity index (χ2n) is 9.09. The number of nitrogens with one attached hydrogen (secondary N) is 1. The van der Waals surface area contributed by atoms with E-state index in [1.807, 2.05) is 0 Å². The van der Waals surface area contributed by atoms with Crippen LogP contribution in [0.1, 0.15) is 61.5 Å². The molecule has 4 aliphatic carbocycles. The predicted molar refractivity (Wildman–Crippen MR) is 99.8 cm³/mol. The van der Waals surface area contributed by atoms with E-state index in [1.54, 1.807) is 0 Å². The number of carbonyl (C=O) groups is 1. The fourth-order valence-corrected chi connectivity index (χ4v) is 6.20. The molecule has 2 aromatic heterocycles. The Hall–Kier alpha value is -2.78. The first-order valence-electron chi connectivity index (χ1n) is 10.3. The van der Waals surface area contributed by atoms with Gasteiger partial charge >= 0.3 is 17.5 Å². The van der Waals surface area contributed by atoms with Crippen molar-refractivity contribution in [3.63, 3.8) is 0 Å². The van der Waals surface area contributed by atoms with Crippen molar-refractivity contribution in [3.05, 3.63) is 34.2 Å². The van der Waals surface area contributed by atoms with Gasteiger partial charge in [0.1, 0.15) is 18.9 Å². The summed E-state index contributed by atoms with van der Waals surface area (Å²) in [4.78, 5) is 26.6. The molecule has 0 atom stereocenters. The fourth-order valence-electron chi connectivity index (χ4n) is 6.20. The van der Waals surface area contributed by atoms with Crippen molar-refractivity contribution in [1.29, 1.82) is 0 Å². The molecule has 10 heteroatoms. The number of hydrogen-bond acceptors (Lipinski definition) is 7. The molecule has 2 heterocycles. The molecule has 2 aromatic rings. The van der Waals surface area contributed by atoms with Crippen LogP contribution < -0.4 is 5.32 Å². The maximum Gasteiger partial charge on any atom is 0.316 e. The Labute approximate surface area is 167 Å². The molecule has 29 heavy (non-hydrogen) atoms. The lowest BCUT2D eigenvalue weighted by Crippen LogP contribution is -2.47. The van der Waals surface area contributed by atoms with E-state index in [9.17, 15) is 14.9 Å². The Morgan fingerprint density at radius 3 is 2.59 bits per heavy atom. The summed E-state index contributed by atoms with van der Waals surface area (Å²) in [5.41, 5.74) is 0.299. The smallest absolute Gasteiger partial charge is 0.316 e. The van der Waals surface area contributed by atoms with E-state index in [2.05, 4.69) is 20.6 Å². The first kappa shape index (κ1) is 18.3. The molecule has 0 saturated heterocycles. The maximum atomic E-state index is 12.4. The molecule has 154 valence electrons. The van der Waals surface area contributed by atoms with Crippen LogP contribution in [0.3, 0.4) is 0 Å². The average Bonchev–Trinajstić information content (AvgIpc) is 3.30. The number of nitrogens with zero attached hydrogens (tertiary/aromatic N) is 5. The highest BCUT2D eigenvalue weighted by Gasteiger charge is 2.50. The molecule has 4 aliphatic rings. The summed E-state index contributed by atoms with van der Waals surface area (Å²) in [5.74, 6) is 2.47. The van der Waals surface area contributed by atoms with Crippen molar-refractivity contribution in [3.8, 4) is 0 Å². The Bertz CT molecular complexity index is 900. The minimum Gasteiger partial charge on any atom is -0.348 e. The van der Waals surface area contributed by atoms with Gasteiger partial charge in [-0.25, -0.2) is 0 Å². The van der Waals surface area contributed by atoms with Gasteiger partial charge in [-0.05, 0) is 68.1 Å². The van der Waals surface area contributed by atoms with Gasteiger partial charge in [-0.1, -0.05) is 5.16 Å². The molecule has 4 bridgehead atoms.